The van der Waals surface area contributed by atoms with E-state index in [4.69, 9.17) is 4.74 Å². The Labute approximate surface area is 359 Å². The minimum absolute atomic E-state index is 0.0613. The summed E-state index contributed by atoms with van der Waals surface area (Å²) in [7, 11) is -2.00. The Kier molecular flexibility index (Phi) is 40.2. The average Bonchev–Trinajstić information content (AvgIpc) is 3.18. The molecule has 0 saturated heterocycles. The van der Waals surface area contributed by atoms with Crippen molar-refractivity contribution >= 4 is 19.4 Å². The summed E-state index contributed by atoms with van der Waals surface area (Å²) >= 11 is 0. The van der Waals surface area contributed by atoms with Gasteiger partial charge in [-0.25, -0.2) is 0 Å². The summed E-state index contributed by atoms with van der Waals surface area (Å²) in [6.45, 7) is 21.0. The van der Waals surface area contributed by atoms with Crippen LogP contribution in [0.5, 0.6) is 0 Å². The van der Waals surface area contributed by atoms with Crippen molar-refractivity contribution in [2.24, 2.45) is 0 Å². The Morgan fingerprint density at radius 1 is 0.456 bits per heavy atom. The molecule has 0 aromatic carbocycles. The number of nitrogens with one attached hydrogen (secondary N) is 1. The van der Waals surface area contributed by atoms with E-state index in [1.807, 2.05) is 0 Å². The van der Waals surface area contributed by atoms with Gasteiger partial charge in [0.2, 0.25) is 0 Å². The molecule has 6 heteroatoms. The largest absolute Gasteiger partial charge is 0.466 e. The van der Waals surface area contributed by atoms with Gasteiger partial charge in [0, 0.05) is 19.4 Å². The molecule has 0 heterocycles. The summed E-state index contributed by atoms with van der Waals surface area (Å²) in [5.74, 6) is -0.0613. The fourth-order valence-corrected chi connectivity index (χ4v) is 9.43. The van der Waals surface area contributed by atoms with Crippen LogP contribution in [0.3, 0.4) is 0 Å². The Morgan fingerprint density at radius 2 is 0.807 bits per heavy atom. The van der Waals surface area contributed by atoms with Gasteiger partial charge in [0.1, 0.15) is 13.5 Å². The molecule has 5 nitrogen and oxygen atoms in total. The van der Waals surface area contributed by atoms with Crippen LogP contribution in [0.4, 0.5) is 0 Å². The molecule has 0 fully saturated rings. The number of carbonyl (C=O) groups is 2. The van der Waals surface area contributed by atoms with Crippen molar-refractivity contribution in [2.75, 3.05) is 39.3 Å². The molecule has 1 N–H and O–H groups in total. The maximum Gasteiger partial charge on any atom is 0.305 e. The Bertz CT molecular complexity index is 873. The molecular formula is C51H104N2O3Si. The van der Waals surface area contributed by atoms with Gasteiger partial charge in [-0.2, -0.15) is 0 Å². The fraction of sp³-hybridized carbons (Fsp3) is 0.961. The molecule has 0 atom stereocenters. The quantitative estimate of drug-likeness (QED) is 0.0377. The van der Waals surface area contributed by atoms with Crippen LogP contribution in [0.1, 0.15) is 259 Å². The zero-order valence-electron chi connectivity index (χ0n) is 40.2. The third-order valence-electron chi connectivity index (χ3n) is 13.1. The standard InChI is InChI=1S/C51H104N2O3Si/c1-8-10-12-14-16-18-19-20-21-22-23-24-25-26-27-28-29-30-31-33-35-37-43-52-44-40-46-53(47-42-50(55)57(6,7)51(3,4)5)45-39-41-49(54)56-48-38-36-34-32-17-15-13-11-9-2/h52H,8-48H2,1-7H3. The van der Waals surface area contributed by atoms with Crippen molar-refractivity contribution in [3.8, 4) is 0 Å². The molecule has 0 saturated carbocycles. The maximum absolute atomic E-state index is 13.3. The third-order valence-corrected chi connectivity index (χ3v) is 18.5. The first-order chi connectivity index (χ1) is 27.6. The first-order valence-corrected chi connectivity index (χ1v) is 28.7. The van der Waals surface area contributed by atoms with E-state index in [0.717, 1.165) is 58.4 Å². The van der Waals surface area contributed by atoms with Crippen molar-refractivity contribution < 1.29 is 14.3 Å². The molecule has 0 aromatic heterocycles. The number of rotatable bonds is 45. The van der Waals surface area contributed by atoms with Crippen molar-refractivity contribution in [3.63, 3.8) is 0 Å². The van der Waals surface area contributed by atoms with Crippen LogP contribution < -0.4 is 5.32 Å². The minimum atomic E-state index is -2.00. The topological polar surface area (TPSA) is 58.6 Å². The number of hydrogen-bond donors (Lipinski definition) is 1. The van der Waals surface area contributed by atoms with Crippen LogP contribution in [0.15, 0.2) is 0 Å². The Morgan fingerprint density at radius 3 is 1.21 bits per heavy atom. The van der Waals surface area contributed by atoms with E-state index >= 15 is 0 Å². The highest BCUT2D eigenvalue weighted by Gasteiger charge is 2.41. The van der Waals surface area contributed by atoms with Crippen LogP contribution in [0.2, 0.25) is 18.1 Å². The van der Waals surface area contributed by atoms with E-state index < -0.39 is 8.07 Å². The minimum Gasteiger partial charge on any atom is -0.466 e. The van der Waals surface area contributed by atoms with E-state index in [0.29, 0.717) is 24.9 Å². The number of esters is 1. The fourth-order valence-electron chi connectivity index (χ4n) is 7.86. The summed E-state index contributed by atoms with van der Waals surface area (Å²) in [6, 6.07) is 0. The van der Waals surface area contributed by atoms with Crippen LogP contribution in [-0.4, -0.2) is 63.7 Å². The molecule has 0 spiro atoms. The molecule has 0 rings (SSSR count). The second-order valence-electron chi connectivity index (χ2n) is 19.6. The predicted octanol–water partition coefficient (Wildman–Crippen LogP) is 15.7. The molecule has 340 valence electrons. The molecular weight excluding hydrogens is 717 g/mol. The summed E-state index contributed by atoms with van der Waals surface area (Å²) < 4.78 is 5.57. The first-order valence-electron chi connectivity index (χ1n) is 25.7. The van der Waals surface area contributed by atoms with Gasteiger partial charge < -0.3 is 19.7 Å². The smallest absolute Gasteiger partial charge is 0.305 e. The number of ether oxygens (including phenoxy) is 1. The van der Waals surface area contributed by atoms with Crippen molar-refractivity contribution in [1.29, 1.82) is 0 Å². The van der Waals surface area contributed by atoms with Gasteiger partial charge in [-0.15, -0.1) is 0 Å². The monoisotopic (exact) mass is 821 g/mol. The van der Waals surface area contributed by atoms with Gasteiger partial charge in [0.25, 0.3) is 0 Å². The highest BCUT2D eigenvalue weighted by Crippen LogP contribution is 2.37. The molecule has 0 bridgehead atoms. The average molecular weight is 821 g/mol. The normalized spacial score (nSPS) is 12.2. The zero-order valence-corrected chi connectivity index (χ0v) is 41.2. The van der Waals surface area contributed by atoms with E-state index in [-0.39, 0.29) is 11.0 Å². The zero-order chi connectivity index (χ0) is 42.1. The van der Waals surface area contributed by atoms with Gasteiger partial charge in [-0.05, 0) is 56.9 Å². The van der Waals surface area contributed by atoms with Crippen LogP contribution in [-0.2, 0) is 14.3 Å². The van der Waals surface area contributed by atoms with E-state index in [1.165, 1.54) is 186 Å². The van der Waals surface area contributed by atoms with Crippen molar-refractivity contribution in [1.82, 2.24) is 10.2 Å². The Hall–Kier alpha value is -0.723. The molecule has 57 heavy (non-hydrogen) atoms. The molecule has 0 amide bonds. The third kappa shape index (κ3) is 36.8. The highest BCUT2D eigenvalue weighted by atomic mass is 28.3. The van der Waals surface area contributed by atoms with Crippen LogP contribution >= 0.6 is 0 Å². The number of hydrogen-bond acceptors (Lipinski definition) is 5. The number of nitrogens with zero attached hydrogens (tertiary/aromatic N) is 1. The molecule has 0 unspecified atom stereocenters. The highest BCUT2D eigenvalue weighted by molar-refractivity contribution is 7.06. The molecule has 0 radical (unpaired) electrons. The summed E-state index contributed by atoms with van der Waals surface area (Å²) in [5, 5.41) is 4.23. The van der Waals surface area contributed by atoms with Gasteiger partial charge in [-0.1, -0.05) is 234 Å². The van der Waals surface area contributed by atoms with Gasteiger partial charge >= 0.3 is 5.97 Å². The first kappa shape index (κ1) is 56.3. The van der Waals surface area contributed by atoms with Crippen molar-refractivity contribution in [3.05, 3.63) is 0 Å². The predicted molar refractivity (Wildman–Crippen MR) is 255 cm³/mol. The second-order valence-corrected chi connectivity index (χ2v) is 24.9. The van der Waals surface area contributed by atoms with Crippen LogP contribution in [0.25, 0.3) is 0 Å². The molecule has 0 aliphatic rings. The summed E-state index contributed by atoms with van der Waals surface area (Å²) in [6.07, 6.45) is 45.8. The SMILES string of the molecule is CCCCCCCCCCCCCCCCCCCCCCCCNCCCN(CCCC(=O)OCCCCCCCCCCC)CCC(=O)[Si](C)(C)C(C)(C)C. The lowest BCUT2D eigenvalue weighted by Crippen LogP contribution is -2.47. The van der Waals surface area contributed by atoms with Crippen molar-refractivity contribution in [2.45, 2.75) is 277 Å². The van der Waals surface area contributed by atoms with Gasteiger partial charge in [-0.3, -0.25) is 4.79 Å². The van der Waals surface area contributed by atoms with Crippen LogP contribution in [0, 0.1) is 0 Å². The summed E-state index contributed by atoms with van der Waals surface area (Å²) in [5.41, 5.74) is 0. The van der Waals surface area contributed by atoms with E-state index in [2.05, 4.69) is 57.9 Å². The summed E-state index contributed by atoms with van der Waals surface area (Å²) in [4.78, 5) is 28.2. The van der Waals surface area contributed by atoms with Gasteiger partial charge in [0.15, 0.2) is 0 Å². The van der Waals surface area contributed by atoms with E-state index in [1.54, 1.807) is 0 Å². The van der Waals surface area contributed by atoms with Gasteiger partial charge in [0.05, 0.1) is 6.61 Å². The molecule has 0 aromatic rings. The number of unbranched alkanes of at least 4 members (excludes halogenated alkanes) is 29. The lowest BCUT2D eigenvalue weighted by atomic mass is 10.0. The lowest BCUT2D eigenvalue weighted by molar-refractivity contribution is -0.144. The van der Waals surface area contributed by atoms with E-state index in [9.17, 15) is 9.59 Å². The lowest BCUT2D eigenvalue weighted by Gasteiger charge is -2.35. The Balaban J connectivity index is 3.97. The molecule has 0 aliphatic carbocycles. The second kappa shape index (κ2) is 40.7. The number of carbonyl (C=O) groups excluding carboxylic acids is 2. The maximum atomic E-state index is 13.3. The molecule has 0 aliphatic heterocycles.